The molecule has 0 saturated carbocycles. The molecule has 1 atom stereocenters. The lowest BCUT2D eigenvalue weighted by atomic mass is 10.1. The number of halogens is 1. The first-order valence-corrected chi connectivity index (χ1v) is 6.95. The Kier molecular flexibility index (Phi) is 5.44. The Morgan fingerprint density at radius 2 is 1.95 bits per heavy atom. The summed E-state index contributed by atoms with van der Waals surface area (Å²) in [4.78, 5) is 0. The van der Waals surface area contributed by atoms with E-state index in [0.717, 1.165) is 5.56 Å². The van der Waals surface area contributed by atoms with Gasteiger partial charge in [-0.1, -0.05) is 41.9 Å². The third-order valence-electron chi connectivity index (χ3n) is 3.09. The molecule has 0 spiro atoms. The van der Waals surface area contributed by atoms with E-state index >= 15 is 0 Å². The molecule has 112 valence electrons. The van der Waals surface area contributed by atoms with E-state index in [2.05, 4.69) is 0 Å². The topological polar surface area (TPSA) is 64.7 Å². The van der Waals surface area contributed by atoms with Crippen molar-refractivity contribution in [2.75, 3.05) is 13.7 Å². The molecule has 2 aromatic carbocycles. The molecule has 0 aliphatic heterocycles. The predicted octanol–water partition coefficient (Wildman–Crippen LogP) is 2.92. The number of hydrogen-bond acceptors (Lipinski definition) is 4. The molecule has 21 heavy (non-hydrogen) atoms. The van der Waals surface area contributed by atoms with Gasteiger partial charge in [-0.3, -0.25) is 0 Å². The van der Waals surface area contributed by atoms with Gasteiger partial charge in [0.15, 0.2) is 11.5 Å². The van der Waals surface area contributed by atoms with Gasteiger partial charge in [0, 0.05) is 6.54 Å². The summed E-state index contributed by atoms with van der Waals surface area (Å²) in [6, 6.07) is 13.1. The second kappa shape index (κ2) is 7.31. The molecular formula is C16H18ClNO3. The van der Waals surface area contributed by atoms with Gasteiger partial charge in [-0.05, 0) is 23.3 Å². The van der Waals surface area contributed by atoms with Crippen molar-refractivity contribution in [2.24, 2.45) is 5.73 Å². The molecule has 1 unspecified atom stereocenters. The second-order valence-electron chi connectivity index (χ2n) is 4.56. The standard InChI is InChI=1S/C16H18ClNO3/c1-20-15-8-12(14(19)9-18)7-13(17)16(15)21-10-11-5-3-2-4-6-11/h2-8,14,19H,9-10,18H2,1H3. The van der Waals surface area contributed by atoms with Crippen molar-refractivity contribution < 1.29 is 14.6 Å². The first kappa shape index (κ1) is 15.6. The van der Waals surface area contributed by atoms with Crippen LogP contribution in [0.25, 0.3) is 0 Å². The molecule has 0 fully saturated rings. The minimum atomic E-state index is -0.778. The third kappa shape index (κ3) is 3.88. The number of nitrogens with two attached hydrogens (primary N) is 1. The number of methoxy groups -OCH3 is 1. The molecule has 0 bridgehead atoms. The van der Waals surface area contributed by atoms with Crippen molar-refractivity contribution in [1.82, 2.24) is 0 Å². The lowest BCUT2D eigenvalue weighted by molar-refractivity contribution is 0.186. The highest BCUT2D eigenvalue weighted by Gasteiger charge is 2.15. The molecule has 5 heteroatoms. The zero-order chi connectivity index (χ0) is 15.2. The molecule has 3 N–H and O–H groups in total. The summed E-state index contributed by atoms with van der Waals surface area (Å²) in [5, 5.41) is 10.2. The molecule has 0 heterocycles. The van der Waals surface area contributed by atoms with Crippen LogP contribution in [0, 0.1) is 0 Å². The Morgan fingerprint density at radius 1 is 1.24 bits per heavy atom. The monoisotopic (exact) mass is 307 g/mol. The van der Waals surface area contributed by atoms with Gasteiger partial charge in [0.2, 0.25) is 0 Å². The molecular weight excluding hydrogens is 290 g/mol. The van der Waals surface area contributed by atoms with Crippen LogP contribution in [0.15, 0.2) is 42.5 Å². The SMILES string of the molecule is COc1cc(C(O)CN)cc(Cl)c1OCc1ccccc1. The minimum absolute atomic E-state index is 0.115. The lowest BCUT2D eigenvalue weighted by Gasteiger charge is -2.16. The van der Waals surface area contributed by atoms with Gasteiger partial charge in [0.1, 0.15) is 6.61 Å². The average Bonchev–Trinajstić information content (AvgIpc) is 2.53. The van der Waals surface area contributed by atoms with Crippen molar-refractivity contribution in [3.63, 3.8) is 0 Å². The highest BCUT2D eigenvalue weighted by Crippen LogP contribution is 2.38. The number of rotatable bonds is 6. The second-order valence-corrected chi connectivity index (χ2v) is 4.97. The first-order valence-electron chi connectivity index (χ1n) is 6.58. The highest BCUT2D eigenvalue weighted by molar-refractivity contribution is 6.32. The summed E-state index contributed by atoms with van der Waals surface area (Å²) < 4.78 is 11.0. The van der Waals surface area contributed by atoms with Gasteiger partial charge in [-0.15, -0.1) is 0 Å². The summed E-state index contributed by atoms with van der Waals surface area (Å²) in [7, 11) is 1.53. The first-order chi connectivity index (χ1) is 10.2. The van der Waals surface area contributed by atoms with E-state index in [4.69, 9.17) is 26.8 Å². The van der Waals surface area contributed by atoms with Gasteiger partial charge in [0.25, 0.3) is 0 Å². The average molecular weight is 308 g/mol. The fraction of sp³-hybridized carbons (Fsp3) is 0.250. The van der Waals surface area contributed by atoms with E-state index in [9.17, 15) is 5.11 Å². The zero-order valence-electron chi connectivity index (χ0n) is 11.8. The molecule has 4 nitrogen and oxygen atoms in total. The van der Waals surface area contributed by atoms with E-state index in [-0.39, 0.29) is 6.54 Å². The van der Waals surface area contributed by atoms with Crippen LogP contribution < -0.4 is 15.2 Å². The van der Waals surface area contributed by atoms with Crippen molar-refractivity contribution in [3.05, 3.63) is 58.6 Å². The van der Waals surface area contributed by atoms with Crippen molar-refractivity contribution in [3.8, 4) is 11.5 Å². The normalized spacial score (nSPS) is 12.0. The fourth-order valence-electron chi connectivity index (χ4n) is 1.94. The number of ether oxygens (including phenoxy) is 2. The quantitative estimate of drug-likeness (QED) is 0.861. The van der Waals surface area contributed by atoms with Crippen LogP contribution in [-0.4, -0.2) is 18.8 Å². The molecule has 0 radical (unpaired) electrons. The largest absolute Gasteiger partial charge is 0.493 e. The number of aliphatic hydroxyl groups is 1. The van der Waals surface area contributed by atoms with Crippen LogP contribution in [0.1, 0.15) is 17.2 Å². The summed E-state index contributed by atoms with van der Waals surface area (Å²) in [6.45, 7) is 0.499. The fourth-order valence-corrected chi connectivity index (χ4v) is 2.21. The van der Waals surface area contributed by atoms with Crippen LogP contribution >= 0.6 is 11.6 Å². The van der Waals surface area contributed by atoms with Crippen molar-refractivity contribution >= 4 is 11.6 Å². The van der Waals surface area contributed by atoms with Gasteiger partial charge >= 0.3 is 0 Å². The van der Waals surface area contributed by atoms with Gasteiger partial charge in [-0.25, -0.2) is 0 Å². The maximum Gasteiger partial charge on any atom is 0.180 e. The Labute approximate surface area is 129 Å². The molecule has 0 aromatic heterocycles. The lowest BCUT2D eigenvalue weighted by Crippen LogP contribution is -2.12. The van der Waals surface area contributed by atoms with E-state index in [1.165, 1.54) is 7.11 Å². The third-order valence-corrected chi connectivity index (χ3v) is 3.37. The number of benzene rings is 2. The van der Waals surface area contributed by atoms with Gasteiger partial charge in [0.05, 0.1) is 18.2 Å². The summed E-state index contributed by atoms with van der Waals surface area (Å²) in [5.74, 6) is 0.928. The number of hydrogen-bond donors (Lipinski definition) is 2. The van der Waals surface area contributed by atoms with Crippen molar-refractivity contribution in [2.45, 2.75) is 12.7 Å². The maximum absolute atomic E-state index is 9.79. The van der Waals surface area contributed by atoms with Crippen LogP contribution in [0.5, 0.6) is 11.5 Å². The van der Waals surface area contributed by atoms with E-state index in [0.29, 0.717) is 28.7 Å². The van der Waals surface area contributed by atoms with Crippen LogP contribution in [0.4, 0.5) is 0 Å². The minimum Gasteiger partial charge on any atom is -0.493 e. The van der Waals surface area contributed by atoms with Crippen molar-refractivity contribution in [1.29, 1.82) is 0 Å². The van der Waals surface area contributed by atoms with E-state index in [1.807, 2.05) is 30.3 Å². The Morgan fingerprint density at radius 3 is 2.57 bits per heavy atom. The van der Waals surface area contributed by atoms with Gasteiger partial charge < -0.3 is 20.3 Å². The Balaban J connectivity index is 2.22. The molecule has 0 amide bonds. The molecule has 0 aliphatic rings. The van der Waals surface area contributed by atoms with Crippen LogP contribution in [0.3, 0.4) is 0 Å². The summed E-state index contributed by atoms with van der Waals surface area (Å²) >= 11 is 6.22. The zero-order valence-corrected chi connectivity index (χ0v) is 12.5. The summed E-state index contributed by atoms with van der Waals surface area (Å²) in [6.07, 6.45) is -0.778. The molecule has 2 aromatic rings. The van der Waals surface area contributed by atoms with E-state index < -0.39 is 6.10 Å². The van der Waals surface area contributed by atoms with Crippen LogP contribution in [0.2, 0.25) is 5.02 Å². The molecule has 2 rings (SSSR count). The van der Waals surface area contributed by atoms with E-state index in [1.54, 1.807) is 12.1 Å². The summed E-state index contributed by atoms with van der Waals surface area (Å²) in [5.41, 5.74) is 7.09. The van der Waals surface area contributed by atoms with Crippen LogP contribution in [-0.2, 0) is 6.61 Å². The highest BCUT2D eigenvalue weighted by atomic mass is 35.5. The molecule has 0 saturated heterocycles. The number of aliphatic hydroxyl groups excluding tert-OH is 1. The predicted molar refractivity (Wildman–Crippen MR) is 82.8 cm³/mol. The Hall–Kier alpha value is -1.75. The Bertz CT molecular complexity index is 590. The maximum atomic E-state index is 9.79. The molecule has 0 aliphatic carbocycles. The smallest absolute Gasteiger partial charge is 0.180 e. The van der Waals surface area contributed by atoms with Gasteiger partial charge in [-0.2, -0.15) is 0 Å².